The van der Waals surface area contributed by atoms with Crippen molar-refractivity contribution >= 4 is 23.0 Å². The molecule has 2 aromatic rings. The second kappa shape index (κ2) is 7.99. The van der Waals surface area contributed by atoms with Crippen LogP contribution in [0.2, 0.25) is 0 Å². The summed E-state index contributed by atoms with van der Waals surface area (Å²) in [7, 11) is 0. The summed E-state index contributed by atoms with van der Waals surface area (Å²) in [6.07, 6.45) is 4.98. The number of nitrogens with zero attached hydrogens (tertiary/aromatic N) is 1. The molecule has 0 saturated carbocycles. The highest BCUT2D eigenvalue weighted by Gasteiger charge is 2.40. The Morgan fingerprint density at radius 2 is 1.74 bits per heavy atom. The first kappa shape index (κ1) is 18.5. The van der Waals surface area contributed by atoms with Gasteiger partial charge >= 0.3 is 0 Å². The number of nitrogens with one attached hydrogen (secondary N) is 2. The molecule has 27 heavy (non-hydrogen) atoms. The Hall–Kier alpha value is -1.91. The van der Waals surface area contributed by atoms with Crippen LogP contribution in [0.5, 0.6) is 0 Å². The Morgan fingerprint density at radius 3 is 2.44 bits per heavy atom. The standard InChI is InChI=1S/C23H29N3S/c1-16-8-9-17(2)22(12-16)25-23(27)24-19-13-20-10-11-21(14-19)26(20)15-18-6-4-3-5-7-18/h3-9,12,19-21H,10-11,13-15H2,1-2H3,(H2,24,25,27)/t20-,21-/m1/s1. The van der Waals surface area contributed by atoms with Gasteiger partial charge in [0.05, 0.1) is 0 Å². The summed E-state index contributed by atoms with van der Waals surface area (Å²) < 4.78 is 0. The van der Waals surface area contributed by atoms with Gasteiger partial charge in [0, 0.05) is 30.4 Å². The molecular formula is C23H29N3S. The van der Waals surface area contributed by atoms with Crippen molar-refractivity contribution < 1.29 is 0 Å². The fourth-order valence-electron chi connectivity index (χ4n) is 4.66. The lowest BCUT2D eigenvalue weighted by Gasteiger charge is -2.39. The molecule has 0 aliphatic carbocycles. The van der Waals surface area contributed by atoms with Gasteiger partial charge in [-0.3, -0.25) is 4.90 Å². The highest BCUT2D eigenvalue weighted by Crippen LogP contribution is 2.36. The molecule has 2 aliphatic rings. The second-order valence-electron chi connectivity index (χ2n) is 8.13. The van der Waals surface area contributed by atoms with Crippen LogP contribution in [0.25, 0.3) is 0 Å². The predicted molar refractivity (Wildman–Crippen MR) is 117 cm³/mol. The summed E-state index contributed by atoms with van der Waals surface area (Å²) in [6.45, 7) is 5.31. The SMILES string of the molecule is Cc1ccc(C)c(NC(=S)NC2C[C@H]3CC[C@H](C2)N3Cc2ccccc2)c1. The Morgan fingerprint density at radius 1 is 1.04 bits per heavy atom. The molecule has 4 heteroatoms. The monoisotopic (exact) mass is 379 g/mol. The fraction of sp³-hybridized carbons (Fsp3) is 0.435. The number of hydrogen-bond donors (Lipinski definition) is 2. The van der Waals surface area contributed by atoms with Gasteiger partial charge in [0.2, 0.25) is 0 Å². The van der Waals surface area contributed by atoms with Gasteiger partial charge in [-0.05, 0) is 74.5 Å². The summed E-state index contributed by atoms with van der Waals surface area (Å²) in [5.74, 6) is 0. The molecule has 0 unspecified atom stereocenters. The molecule has 0 aromatic heterocycles. The van der Waals surface area contributed by atoms with Gasteiger partial charge in [-0.15, -0.1) is 0 Å². The van der Waals surface area contributed by atoms with Crippen LogP contribution in [-0.4, -0.2) is 28.1 Å². The maximum absolute atomic E-state index is 5.62. The number of hydrogen-bond acceptors (Lipinski definition) is 2. The summed E-state index contributed by atoms with van der Waals surface area (Å²) in [6, 6.07) is 19.1. The first-order valence-corrected chi connectivity index (χ1v) is 10.4. The van der Waals surface area contributed by atoms with E-state index in [1.54, 1.807) is 0 Å². The Balaban J connectivity index is 1.34. The maximum Gasteiger partial charge on any atom is 0.171 e. The van der Waals surface area contributed by atoms with E-state index in [1.165, 1.54) is 42.4 Å². The van der Waals surface area contributed by atoms with Gasteiger partial charge < -0.3 is 10.6 Å². The molecule has 142 valence electrons. The van der Waals surface area contributed by atoms with Gasteiger partial charge in [-0.2, -0.15) is 0 Å². The van der Waals surface area contributed by atoms with Crippen molar-refractivity contribution in [3.63, 3.8) is 0 Å². The van der Waals surface area contributed by atoms with Crippen molar-refractivity contribution in [2.45, 2.75) is 64.2 Å². The van der Waals surface area contributed by atoms with E-state index >= 15 is 0 Å². The molecule has 4 rings (SSSR count). The zero-order chi connectivity index (χ0) is 18.8. The van der Waals surface area contributed by atoms with Crippen LogP contribution in [0.15, 0.2) is 48.5 Å². The lowest BCUT2D eigenvalue weighted by molar-refractivity contribution is 0.115. The molecule has 2 atom stereocenters. The van der Waals surface area contributed by atoms with Crippen molar-refractivity contribution in [1.82, 2.24) is 10.2 Å². The van der Waals surface area contributed by atoms with Crippen LogP contribution < -0.4 is 10.6 Å². The lowest BCUT2D eigenvalue weighted by atomic mass is 9.96. The number of rotatable bonds is 4. The van der Waals surface area contributed by atoms with E-state index in [1.807, 2.05) is 0 Å². The average molecular weight is 380 g/mol. The molecule has 3 nitrogen and oxygen atoms in total. The molecule has 2 heterocycles. The Bertz CT molecular complexity index is 791. The maximum atomic E-state index is 5.62. The minimum Gasteiger partial charge on any atom is -0.360 e. The third-order valence-corrected chi connectivity index (χ3v) is 6.29. The van der Waals surface area contributed by atoms with E-state index in [0.717, 1.165) is 17.3 Å². The van der Waals surface area contributed by atoms with E-state index in [9.17, 15) is 0 Å². The van der Waals surface area contributed by atoms with Gasteiger partial charge in [-0.1, -0.05) is 42.5 Å². The van der Waals surface area contributed by atoms with Crippen LogP contribution in [0.4, 0.5) is 5.69 Å². The Labute approximate surface area is 168 Å². The fourth-order valence-corrected chi connectivity index (χ4v) is 4.94. The molecule has 0 spiro atoms. The van der Waals surface area contributed by atoms with Crippen molar-refractivity contribution in [3.8, 4) is 0 Å². The number of aryl methyl sites for hydroxylation is 2. The molecule has 2 aromatic carbocycles. The Kier molecular flexibility index (Phi) is 5.46. The number of thiocarbonyl (C=S) groups is 1. The first-order valence-electron chi connectivity index (χ1n) is 10.0. The average Bonchev–Trinajstić information content (AvgIpc) is 2.88. The van der Waals surface area contributed by atoms with E-state index in [0.29, 0.717) is 18.1 Å². The van der Waals surface area contributed by atoms with Crippen molar-refractivity contribution in [3.05, 3.63) is 65.2 Å². The third-order valence-electron chi connectivity index (χ3n) is 6.07. The van der Waals surface area contributed by atoms with Gasteiger partial charge in [0.15, 0.2) is 5.11 Å². The minimum atomic E-state index is 0.472. The van der Waals surface area contributed by atoms with Crippen LogP contribution >= 0.6 is 12.2 Å². The van der Waals surface area contributed by atoms with E-state index in [4.69, 9.17) is 12.2 Å². The second-order valence-corrected chi connectivity index (χ2v) is 8.54. The summed E-state index contributed by atoms with van der Waals surface area (Å²) >= 11 is 5.62. The first-order chi connectivity index (χ1) is 13.1. The van der Waals surface area contributed by atoms with Crippen molar-refractivity contribution in [2.24, 2.45) is 0 Å². The van der Waals surface area contributed by atoms with Crippen LogP contribution in [0, 0.1) is 13.8 Å². The zero-order valence-corrected chi connectivity index (χ0v) is 17.1. The van der Waals surface area contributed by atoms with Gasteiger partial charge in [-0.25, -0.2) is 0 Å². The van der Waals surface area contributed by atoms with Gasteiger partial charge in [0.25, 0.3) is 0 Å². The van der Waals surface area contributed by atoms with Crippen LogP contribution in [-0.2, 0) is 6.54 Å². The molecule has 2 bridgehead atoms. The highest BCUT2D eigenvalue weighted by atomic mass is 32.1. The topological polar surface area (TPSA) is 27.3 Å². The number of anilines is 1. The third kappa shape index (κ3) is 4.33. The summed E-state index contributed by atoms with van der Waals surface area (Å²) in [5, 5.41) is 7.75. The number of benzene rings is 2. The van der Waals surface area contributed by atoms with Crippen LogP contribution in [0.3, 0.4) is 0 Å². The predicted octanol–water partition coefficient (Wildman–Crippen LogP) is 4.79. The lowest BCUT2D eigenvalue weighted by Crippen LogP contribution is -2.50. The van der Waals surface area contributed by atoms with Crippen LogP contribution in [0.1, 0.15) is 42.4 Å². The molecule has 0 amide bonds. The van der Waals surface area contributed by atoms with Gasteiger partial charge in [0.1, 0.15) is 0 Å². The molecule has 2 fully saturated rings. The number of piperidine rings is 1. The van der Waals surface area contributed by atoms with E-state index in [2.05, 4.69) is 77.9 Å². The molecule has 0 radical (unpaired) electrons. The molecule has 2 saturated heterocycles. The molecule has 2 N–H and O–H groups in total. The zero-order valence-electron chi connectivity index (χ0n) is 16.2. The quantitative estimate of drug-likeness (QED) is 0.747. The van der Waals surface area contributed by atoms with Crippen molar-refractivity contribution in [2.75, 3.05) is 5.32 Å². The summed E-state index contributed by atoms with van der Waals surface area (Å²) in [5.41, 5.74) is 5.01. The van der Waals surface area contributed by atoms with E-state index in [-0.39, 0.29) is 0 Å². The molecule has 2 aliphatic heterocycles. The normalized spacial score (nSPS) is 24.6. The van der Waals surface area contributed by atoms with Crippen molar-refractivity contribution in [1.29, 1.82) is 0 Å². The minimum absolute atomic E-state index is 0.472. The van der Waals surface area contributed by atoms with E-state index < -0.39 is 0 Å². The molecular weight excluding hydrogens is 350 g/mol. The smallest absolute Gasteiger partial charge is 0.171 e. The summed E-state index contributed by atoms with van der Waals surface area (Å²) in [4.78, 5) is 2.72. The number of fused-ring (bicyclic) bond motifs is 2. The largest absolute Gasteiger partial charge is 0.360 e. The highest BCUT2D eigenvalue weighted by molar-refractivity contribution is 7.80.